The van der Waals surface area contributed by atoms with Crippen LogP contribution < -0.4 is 0 Å². The molecule has 8 heteroatoms. The van der Waals surface area contributed by atoms with E-state index in [0.29, 0.717) is 16.5 Å². The van der Waals surface area contributed by atoms with Crippen LogP contribution in [0.25, 0.3) is 28.1 Å². The van der Waals surface area contributed by atoms with Gasteiger partial charge in [0.15, 0.2) is 0 Å². The number of allylic oxidation sites excluding steroid dienone is 1. The van der Waals surface area contributed by atoms with Gasteiger partial charge in [0.1, 0.15) is 12.4 Å². The minimum absolute atomic E-state index is 0.281. The number of aromatic amines is 1. The monoisotopic (exact) mass is 583 g/mol. The van der Waals surface area contributed by atoms with Crippen LogP contribution in [0, 0.1) is 5.82 Å². The van der Waals surface area contributed by atoms with Crippen molar-refractivity contribution in [2.24, 2.45) is 0 Å². The Balaban J connectivity index is 0.000000559. The minimum Gasteiger partial charge on any atom is -0.478 e. The van der Waals surface area contributed by atoms with Crippen LogP contribution in [0.1, 0.15) is 35.7 Å². The quantitative estimate of drug-likeness (QED) is 0.113. The molecule has 1 aromatic heterocycles. The van der Waals surface area contributed by atoms with Gasteiger partial charge in [-0.25, -0.2) is 9.18 Å². The van der Waals surface area contributed by atoms with E-state index in [2.05, 4.69) is 26.1 Å². The summed E-state index contributed by atoms with van der Waals surface area (Å²) in [5.41, 5.74) is 5.73. The molecule has 0 saturated heterocycles. The molecular weight excluding hydrogens is 550 g/mol. The predicted octanol–water partition coefficient (Wildman–Crippen LogP) is 7.77. The number of nitrogens with zero attached hydrogens (tertiary/aromatic N) is 1. The van der Waals surface area contributed by atoms with E-state index < -0.39 is 11.8 Å². The van der Waals surface area contributed by atoms with Crippen LogP contribution in [-0.2, 0) is 4.79 Å². The Morgan fingerprint density at radius 2 is 1.70 bits per heavy atom. The van der Waals surface area contributed by atoms with E-state index in [1.807, 2.05) is 55.5 Å². The lowest BCUT2D eigenvalue weighted by molar-refractivity contribution is -0.870. The van der Waals surface area contributed by atoms with Gasteiger partial charge < -0.3 is 19.7 Å². The van der Waals surface area contributed by atoms with Crippen molar-refractivity contribution in [2.45, 2.75) is 13.3 Å². The third kappa shape index (κ3) is 8.05. The molecule has 4 rings (SSSR count). The molecule has 5 nitrogen and oxygen atoms in total. The molecule has 1 heterocycles. The number of aromatic nitrogens is 1. The van der Waals surface area contributed by atoms with Crippen LogP contribution in [0.15, 0.2) is 72.8 Å². The van der Waals surface area contributed by atoms with Gasteiger partial charge in [0.25, 0.3) is 0 Å². The second kappa shape index (κ2) is 13.8. The fraction of sp³-hybridized carbons (Fsp3) is 0.219. The fourth-order valence-corrected chi connectivity index (χ4v) is 4.80. The highest BCUT2D eigenvalue weighted by molar-refractivity contribution is 6.38. The van der Waals surface area contributed by atoms with Crippen molar-refractivity contribution >= 4 is 57.3 Å². The Hall–Kier alpha value is -3.42. The maximum atomic E-state index is 13.8. The number of hydrogen-bond acceptors (Lipinski definition) is 2. The van der Waals surface area contributed by atoms with Crippen LogP contribution in [0.5, 0.6) is 0 Å². The van der Waals surface area contributed by atoms with Crippen molar-refractivity contribution in [3.05, 3.63) is 111 Å². The van der Waals surface area contributed by atoms with Gasteiger partial charge in [-0.3, -0.25) is 0 Å². The molecule has 210 valence electrons. The van der Waals surface area contributed by atoms with Gasteiger partial charge in [-0.1, -0.05) is 78.7 Å². The minimum atomic E-state index is -1.01. The molecule has 0 spiro atoms. The first kappa shape index (κ1) is 31.1. The van der Waals surface area contributed by atoms with Crippen molar-refractivity contribution in [3.63, 3.8) is 0 Å². The molecule has 0 aliphatic carbocycles. The summed E-state index contributed by atoms with van der Waals surface area (Å²) in [6.07, 6.45) is 3.24. The summed E-state index contributed by atoms with van der Waals surface area (Å²) in [6, 6.07) is 19.6. The summed E-state index contributed by atoms with van der Waals surface area (Å²) in [5, 5.41) is 19.1. The summed E-state index contributed by atoms with van der Waals surface area (Å²) in [7, 11) is 6.16. The molecule has 4 aromatic rings. The number of carboxylic acid groups (broad SMARTS) is 1. The Morgan fingerprint density at radius 3 is 2.23 bits per heavy atom. The number of aliphatic carboxylic acids is 1. The molecule has 0 saturated carbocycles. The number of nitrogens with one attached hydrogen (secondary N) is 1. The summed E-state index contributed by atoms with van der Waals surface area (Å²) < 4.78 is 14.6. The summed E-state index contributed by atoms with van der Waals surface area (Å²) >= 11 is 13.3. The fourth-order valence-electron chi connectivity index (χ4n) is 4.21. The van der Waals surface area contributed by atoms with E-state index in [1.165, 1.54) is 18.2 Å². The molecule has 0 aliphatic heterocycles. The molecule has 0 aliphatic rings. The van der Waals surface area contributed by atoms with Crippen LogP contribution >= 0.6 is 23.2 Å². The van der Waals surface area contributed by atoms with E-state index in [-0.39, 0.29) is 6.61 Å². The average molecular weight is 585 g/mol. The number of carbonyl (C=O) groups is 1. The van der Waals surface area contributed by atoms with E-state index in [1.54, 1.807) is 6.07 Å². The average Bonchev–Trinajstić information content (AvgIpc) is 3.22. The number of aliphatic hydroxyl groups is 1. The zero-order valence-corrected chi connectivity index (χ0v) is 24.5. The highest BCUT2D eigenvalue weighted by atomic mass is 35.5. The highest BCUT2D eigenvalue weighted by Crippen LogP contribution is 2.41. The molecule has 0 atom stereocenters. The number of quaternary nitrogens is 1. The number of para-hydroxylation sites is 1. The molecule has 40 heavy (non-hydrogen) atoms. The zero-order valence-electron chi connectivity index (χ0n) is 23.0. The highest BCUT2D eigenvalue weighted by Gasteiger charge is 2.20. The summed E-state index contributed by atoms with van der Waals surface area (Å²) in [5.74, 6) is -1.41. The SMILES string of the molecule is CC/C(=C(/c1ccc(/C=C/C(=O)O)cc1)c1[nH]c2ccccc2c1Cl)c1ccc(F)cc1Cl.C[N+](C)(C)CCO. The van der Waals surface area contributed by atoms with Gasteiger partial charge in [0, 0.05) is 22.6 Å². The Labute approximate surface area is 244 Å². The molecule has 3 N–H and O–H groups in total. The van der Waals surface area contributed by atoms with E-state index in [0.717, 1.165) is 61.5 Å². The summed E-state index contributed by atoms with van der Waals surface area (Å²) in [4.78, 5) is 14.3. The Morgan fingerprint density at radius 1 is 1.02 bits per heavy atom. The molecule has 0 fully saturated rings. The first-order chi connectivity index (χ1) is 18.9. The number of hydrogen-bond donors (Lipinski definition) is 3. The molecule has 0 bridgehead atoms. The van der Waals surface area contributed by atoms with E-state index >= 15 is 0 Å². The predicted molar refractivity (Wildman–Crippen MR) is 164 cm³/mol. The zero-order chi connectivity index (χ0) is 29.4. The number of H-pyrrole nitrogens is 1. The standard InChI is InChI=1S/C27H20Cl2FNO2.C5H14NO/c1-2-19(20-13-12-18(30)15-22(20)28)25(17-10-7-16(8-11-17)9-14-24(32)33)27-26(29)21-5-3-4-6-23(21)31-27;1-6(2,3)4-5-7/h3-15,31H,2H2,1H3,(H,32,33);7H,4-5H2,1-3H3/q;+1/b14-9+,25-19+;. The Bertz CT molecular complexity index is 1530. The van der Waals surface area contributed by atoms with Crippen LogP contribution in [0.3, 0.4) is 0 Å². The summed E-state index contributed by atoms with van der Waals surface area (Å²) in [6.45, 7) is 3.12. The Kier molecular flexibility index (Phi) is 10.7. The maximum Gasteiger partial charge on any atom is 0.328 e. The van der Waals surface area contributed by atoms with Crippen molar-refractivity contribution in [3.8, 4) is 0 Å². The van der Waals surface area contributed by atoms with E-state index in [9.17, 15) is 9.18 Å². The third-order valence-corrected chi connectivity index (χ3v) is 6.90. The van der Waals surface area contributed by atoms with Crippen molar-refractivity contribution in [1.29, 1.82) is 0 Å². The van der Waals surface area contributed by atoms with Gasteiger partial charge in [-0.2, -0.15) is 0 Å². The van der Waals surface area contributed by atoms with E-state index in [4.69, 9.17) is 33.4 Å². The number of carboxylic acids is 1. The lowest BCUT2D eigenvalue weighted by Crippen LogP contribution is -2.36. The van der Waals surface area contributed by atoms with Gasteiger partial charge in [-0.05, 0) is 53.0 Å². The normalized spacial score (nSPS) is 12.3. The lowest BCUT2D eigenvalue weighted by Gasteiger charge is -2.21. The molecule has 0 amide bonds. The van der Waals surface area contributed by atoms with Gasteiger partial charge in [0.2, 0.25) is 0 Å². The van der Waals surface area contributed by atoms with Crippen molar-refractivity contribution in [2.75, 3.05) is 34.3 Å². The molecular formula is C32H34Cl2FN2O3+. The van der Waals surface area contributed by atoms with Gasteiger partial charge in [-0.15, -0.1) is 0 Å². The number of rotatable bonds is 8. The molecule has 0 radical (unpaired) electrons. The topological polar surface area (TPSA) is 73.3 Å². The van der Waals surface area contributed by atoms with Crippen molar-refractivity contribution < 1.29 is 23.9 Å². The number of halogens is 3. The van der Waals surface area contributed by atoms with Crippen LogP contribution in [0.4, 0.5) is 4.39 Å². The molecule has 0 unspecified atom stereocenters. The van der Waals surface area contributed by atoms with Crippen LogP contribution in [0.2, 0.25) is 10.0 Å². The lowest BCUT2D eigenvalue weighted by atomic mass is 9.90. The maximum absolute atomic E-state index is 13.8. The second-order valence-corrected chi connectivity index (χ2v) is 11.0. The first-order valence-electron chi connectivity index (χ1n) is 12.8. The molecule has 3 aromatic carbocycles. The first-order valence-corrected chi connectivity index (χ1v) is 13.6. The number of likely N-dealkylation sites (N-methyl/N-ethyl adjacent to an activating group) is 1. The largest absolute Gasteiger partial charge is 0.478 e. The smallest absolute Gasteiger partial charge is 0.328 e. The number of aliphatic hydroxyl groups excluding tert-OH is 1. The van der Waals surface area contributed by atoms with Crippen LogP contribution in [-0.4, -0.2) is 59.9 Å². The van der Waals surface area contributed by atoms with Gasteiger partial charge in [0.05, 0.1) is 43.5 Å². The van der Waals surface area contributed by atoms with Gasteiger partial charge >= 0.3 is 5.97 Å². The third-order valence-electron chi connectivity index (χ3n) is 6.19. The second-order valence-electron chi connectivity index (χ2n) is 10.2. The van der Waals surface area contributed by atoms with Crippen molar-refractivity contribution in [1.82, 2.24) is 4.98 Å². The number of benzene rings is 3. The number of fused-ring (bicyclic) bond motifs is 1.